The van der Waals surface area contributed by atoms with Crippen molar-refractivity contribution in [3.05, 3.63) is 46.7 Å². The zero-order valence-corrected chi connectivity index (χ0v) is 16.3. The molecule has 29 heavy (non-hydrogen) atoms. The van der Waals surface area contributed by atoms with E-state index >= 15 is 0 Å². The molecule has 0 bridgehead atoms. The summed E-state index contributed by atoms with van der Waals surface area (Å²) in [7, 11) is 1.98. The zero-order chi connectivity index (χ0) is 21.0. The largest absolute Gasteiger partial charge is 0.490 e. The van der Waals surface area contributed by atoms with Crippen molar-refractivity contribution in [1.29, 1.82) is 0 Å². The molecule has 0 radical (unpaired) electrons. The molecule has 0 aliphatic heterocycles. The molecular formula is C18H20F3N5O2S. The van der Waals surface area contributed by atoms with E-state index in [1.165, 1.54) is 28.1 Å². The first-order valence-electron chi connectivity index (χ1n) is 8.85. The molecule has 156 valence electrons. The van der Waals surface area contributed by atoms with E-state index in [-0.39, 0.29) is 0 Å². The Hall–Kier alpha value is -2.66. The molecule has 1 atom stereocenters. The van der Waals surface area contributed by atoms with Crippen LogP contribution < -0.4 is 5.32 Å². The second-order valence-corrected chi connectivity index (χ2v) is 7.60. The van der Waals surface area contributed by atoms with Crippen LogP contribution in [0.1, 0.15) is 23.2 Å². The van der Waals surface area contributed by atoms with Gasteiger partial charge in [-0.15, -0.1) is 11.3 Å². The second-order valence-electron chi connectivity index (χ2n) is 6.65. The standard InChI is InChI=1S/C16H19N5S.C2HF3O2/c1-21-10-12(16(20-21)15-3-2-6-22-15)8-17-13-5-4-11-9-18-19-14(11)7-13;3-2(4,5)1(6)7/h2-3,6,9-10,13,17H,4-5,7-8H2,1H3,(H,18,19);(H,6,7). The first kappa shape index (κ1) is 21.1. The number of aliphatic carboxylic acids is 1. The molecule has 3 N–H and O–H groups in total. The quantitative estimate of drug-likeness (QED) is 0.595. The van der Waals surface area contributed by atoms with Crippen LogP contribution in [0.15, 0.2) is 29.9 Å². The smallest absolute Gasteiger partial charge is 0.475 e. The number of thiophene rings is 1. The maximum atomic E-state index is 10.6. The number of nitrogens with one attached hydrogen (secondary N) is 2. The number of carbonyl (C=O) groups is 1. The molecule has 1 aliphatic rings. The number of H-pyrrole nitrogens is 1. The maximum absolute atomic E-state index is 10.6. The average Bonchev–Trinajstić information content (AvgIpc) is 3.39. The summed E-state index contributed by atoms with van der Waals surface area (Å²) in [5.41, 5.74) is 5.02. The lowest BCUT2D eigenvalue weighted by Crippen LogP contribution is -2.34. The van der Waals surface area contributed by atoms with Crippen LogP contribution in [0.5, 0.6) is 0 Å². The minimum atomic E-state index is -5.08. The van der Waals surface area contributed by atoms with Crippen LogP contribution >= 0.6 is 11.3 Å². The third-order valence-electron chi connectivity index (χ3n) is 4.50. The zero-order valence-electron chi connectivity index (χ0n) is 15.5. The van der Waals surface area contributed by atoms with Crippen LogP contribution in [0.4, 0.5) is 13.2 Å². The van der Waals surface area contributed by atoms with Gasteiger partial charge >= 0.3 is 12.1 Å². The Morgan fingerprint density at radius 3 is 2.90 bits per heavy atom. The Labute approximate surface area is 168 Å². The van der Waals surface area contributed by atoms with E-state index < -0.39 is 12.1 Å². The molecule has 0 fully saturated rings. The highest BCUT2D eigenvalue weighted by Crippen LogP contribution is 2.27. The summed E-state index contributed by atoms with van der Waals surface area (Å²) in [6.45, 7) is 0.856. The van der Waals surface area contributed by atoms with Crippen molar-refractivity contribution in [3.63, 3.8) is 0 Å². The molecular weight excluding hydrogens is 407 g/mol. The van der Waals surface area contributed by atoms with Crippen molar-refractivity contribution in [2.45, 2.75) is 38.0 Å². The number of rotatable bonds is 4. The lowest BCUT2D eigenvalue weighted by atomic mass is 9.93. The van der Waals surface area contributed by atoms with E-state index in [0.29, 0.717) is 6.04 Å². The Morgan fingerprint density at radius 2 is 2.24 bits per heavy atom. The first-order valence-corrected chi connectivity index (χ1v) is 9.73. The summed E-state index contributed by atoms with van der Waals surface area (Å²) in [6.07, 6.45) is 2.30. The summed E-state index contributed by atoms with van der Waals surface area (Å²) >= 11 is 1.74. The Morgan fingerprint density at radius 1 is 1.48 bits per heavy atom. The minimum Gasteiger partial charge on any atom is -0.475 e. The summed E-state index contributed by atoms with van der Waals surface area (Å²) in [6, 6.07) is 4.71. The molecule has 3 aromatic heterocycles. The molecule has 0 saturated heterocycles. The number of halogens is 3. The molecule has 11 heteroatoms. The lowest BCUT2D eigenvalue weighted by molar-refractivity contribution is -0.192. The topological polar surface area (TPSA) is 95.8 Å². The van der Waals surface area contributed by atoms with Crippen LogP contribution in [0.3, 0.4) is 0 Å². The number of fused-ring (bicyclic) bond motifs is 1. The number of aromatic nitrogens is 4. The van der Waals surface area contributed by atoms with Gasteiger partial charge in [-0.05, 0) is 29.9 Å². The van der Waals surface area contributed by atoms with Gasteiger partial charge in [-0.1, -0.05) is 6.07 Å². The fraction of sp³-hybridized carbons (Fsp3) is 0.389. The molecule has 1 unspecified atom stereocenters. The molecule has 3 aromatic rings. The van der Waals surface area contributed by atoms with Crippen LogP contribution in [0.25, 0.3) is 10.6 Å². The van der Waals surface area contributed by atoms with Gasteiger partial charge < -0.3 is 10.4 Å². The van der Waals surface area contributed by atoms with Crippen molar-refractivity contribution in [3.8, 4) is 10.6 Å². The summed E-state index contributed by atoms with van der Waals surface area (Å²) in [5.74, 6) is -2.76. The van der Waals surface area contributed by atoms with E-state index in [9.17, 15) is 13.2 Å². The van der Waals surface area contributed by atoms with E-state index in [0.717, 1.165) is 25.1 Å². The summed E-state index contributed by atoms with van der Waals surface area (Å²) in [5, 5.41) is 24.8. The number of alkyl halides is 3. The fourth-order valence-electron chi connectivity index (χ4n) is 3.12. The highest BCUT2D eigenvalue weighted by atomic mass is 32.1. The number of carboxylic acid groups (broad SMARTS) is 1. The SMILES string of the molecule is Cn1cc(CNC2CCc3cn[nH]c3C2)c(-c2cccs2)n1.O=C(O)C(F)(F)F. The molecule has 3 heterocycles. The number of aromatic amines is 1. The Balaban J connectivity index is 0.000000298. The van der Waals surface area contributed by atoms with Crippen molar-refractivity contribution in [2.75, 3.05) is 0 Å². The summed E-state index contributed by atoms with van der Waals surface area (Å²) in [4.78, 5) is 10.1. The van der Waals surface area contributed by atoms with Crippen molar-refractivity contribution >= 4 is 17.3 Å². The van der Waals surface area contributed by atoms with Crippen LogP contribution in [-0.2, 0) is 31.2 Å². The van der Waals surface area contributed by atoms with Crippen molar-refractivity contribution in [2.24, 2.45) is 7.05 Å². The average molecular weight is 427 g/mol. The van der Waals surface area contributed by atoms with Gasteiger partial charge in [0.2, 0.25) is 0 Å². The highest BCUT2D eigenvalue weighted by molar-refractivity contribution is 7.13. The minimum absolute atomic E-state index is 0.504. The number of hydrogen-bond acceptors (Lipinski definition) is 5. The first-order chi connectivity index (χ1) is 13.7. The number of carboxylic acids is 1. The van der Waals surface area contributed by atoms with E-state index in [4.69, 9.17) is 9.90 Å². The molecule has 0 saturated carbocycles. The lowest BCUT2D eigenvalue weighted by Gasteiger charge is -2.22. The third-order valence-corrected chi connectivity index (χ3v) is 5.38. The normalized spacial score (nSPS) is 16.1. The van der Waals surface area contributed by atoms with Gasteiger partial charge in [0.05, 0.1) is 11.1 Å². The highest BCUT2D eigenvalue weighted by Gasteiger charge is 2.38. The molecule has 7 nitrogen and oxygen atoms in total. The van der Waals surface area contributed by atoms with Gasteiger partial charge in [-0.2, -0.15) is 23.4 Å². The van der Waals surface area contributed by atoms with Gasteiger partial charge in [0.1, 0.15) is 5.69 Å². The van der Waals surface area contributed by atoms with E-state index in [2.05, 4.69) is 44.3 Å². The second kappa shape index (κ2) is 8.78. The van der Waals surface area contributed by atoms with Crippen LogP contribution in [-0.4, -0.2) is 43.3 Å². The Kier molecular flexibility index (Phi) is 6.38. The fourth-order valence-corrected chi connectivity index (χ4v) is 3.87. The molecule has 1 aliphatic carbocycles. The van der Waals surface area contributed by atoms with Gasteiger partial charge in [0, 0.05) is 43.5 Å². The van der Waals surface area contributed by atoms with Gasteiger partial charge in [-0.3, -0.25) is 9.78 Å². The van der Waals surface area contributed by atoms with Crippen molar-refractivity contribution < 1.29 is 23.1 Å². The van der Waals surface area contributed by atoms with E-state index in [1.54, 1.807) is 11.3 Å². The molecule has 0 spiro atoms. The Bertz CT molecular complexity index is 949. The predicted molar refractivity (Wildman–Crippen MR) is 101 cm³/mol. The molecule has 0 amide bonds. The van der Waals surface area contributed by atoms with Crippen molar-refractivity contribution in [1.82, 2.24) is 25.3 Å². The molecule has 4 rings (SSSR count). The number of hydrogen-bond donors (Lipinski definition) is 3. The molecule has 0 aromatic carbocycles. The van der Waals surface area contributed by atoms with Gasteiger partial charge in [0.25, 0.3) is 0 Å². The number of nitrogens with zero attached hydrogens (tertiary/aromatic N) is 3. The number of aryl methyl sites for hydroxylation is 2. The van der Waals surface area contributed by atoms with Crippen LogP contribution in [0, 0.1) is 0 Å². The maximum Gasteiger partial charge on any atom is 0.490 e. The van der Waals surface area contributed by atoms with Gasteiger partial charge in [-0.25, -0.2) is 4.79 Å². The third kappa shape index (κ3) is 5.45. The van der Waals surface area contributed by atoms with Gasteiger partial charge in [0.15, 0.2) is 0 Å². The van der Waals surface area contributed by atoms with Crippen LogP contribution in [0.2, 0.25) is 0 Å². The predicted octanol–water partition coefficient (Wildman–Crippen LogP) is 3.15. The monoisotopic (exact) mass is 427 g/mol. The van der Waals surface area contributed by atoms with E-state index in [1.807, 2.05) is 17.9 Å². The summed E-state index contributed by atoms with van der Waals surface area (Å²) < 4.78 is 33.6.